The van der Waals surface area contributed by atoms with E-state index in [1.165, 1.54) is 12.8 Å². The molecular formula is C22H34ClN5O2. The summed E-state index contributed by atoms with van der Waals surface area (Å²) in [6.07, 6.45) is 4.72. The van der Waals surface area contributed by atoms with Crippen LogP contribution in [-0.4, -0.2) is 62.1 Å². The van der Waals surface area contributed by atoms with Gasteiger partial charge in [0.15, 0.2) is 0 Å². The van der Waals surface area contributed by atoms with Crippen LogP contribution >= 0.6 is 11.6 Å². The number of piperazine rings is 1. The lowest BCUT2D eigenvalue weighted by Gasteiger charge is -2.34. The number of hydrogen-bond acceptors (Lipinski definition) is 4. The van der Waals surface area contributed by atoms with Crippen molar-refractivity contribution in [2.24, 2.45) is 5.92 Å². The summed E-state index contributed by atoms with van der Waals surface area (Å²) in [6.45, 7) is 8.96. The van der Waals surface area contributed by atoms with Crippen LogP contribution in [0.1, 0.15) is 39.5 Å². The van der Waals surface area contributed by atoms with Gasteiger partial charge in [0.2, 0.25) is 5.91 Å². The first kappa shape index (κ1) is 22.7. The number of rotatable bonds is 8. The lowest BCUT2D eigenvalue weighted by Crippen LogP contribution is -2.48. The SMILES string of the molecule is CCC(CC)[C@@H](CNC(=O)Nc1ccc(N2CCNC(=O)C2)c(Cl)c1)N1CCCC1. The number of nitrogens with one attached hydrogen (secondary N) is 3. The molecule has 2 heterocycles. The van der Waals surface area contributed by atoms with Crippen molar-refractivity contribution in [2.75, 3.05) is 49.5 Å². The van der Waals surface area contributed by atoms with Crippen molar-refractivity contribution in [3.05, 3.63) is 23.2 Å². The summed E-state index contributed by atoms with van der Waals surface area (Å²) in [6, 6.07) is 5.58. The third-order valence-corrected chi connectivity index (χ3v) is 6.56. The van der Waals surface area contributed by atoms with E-state index < -0.39 is 0 Å². The molecule has 1 aromatic carbocycles. The highest BCUT2D eigenvalue weighted by Gasteiger charge is 2.28. The lowest BCUT2D eigenvalue weighted by molar-refractivity contribution is -0.120. The van der Waals surface area contributed by atoms with Gasteiger partial charge in [-0.05, 0) is 50.0 Å². The Kier molecular flexibility index (Phi) is 8.22. The number of amides is 3. The van der Waals surface area contributed by atoms with E-state index in [1.54, 1.807) is 6.07 Å². The molecule has 7 nitrogen and oxygen atoms in total. The van der Waals surface area contributed by atoms with Crippen LogP contribution in [-0.2, 0) is 4.79 Å². The molecule has 3 N–H and O–H groups in total. The first-order valence-corrected chi connectivity index (χ1v) is 11.5. The molecule has 3 rings (SSSR count). The average molecular weight is 436 g/mol. The second-order valence-corrected chi connectivity index (χ2v) is 8.57. The van der Waals surface area contributed by atoms with Crippen molar-refractivity contribution in [3.8, 4) is 0 Å². The van der Waals surface area contributed by atoms with Crippen molar-refractivity contribution in [3.63, 3.8) is 0 Å². The number of anilines is 2. The number of urea groups is 1. The molecule has 0 saturated carbocycles. The summed E-state index contributed by atoms with van der Waals surface area (Å²) in [7, 11) is 0. The topological polar surface area (TPSA) is 76.7 Å². The van der Waals surface area contributed by atoms with Gasteiger partial charge in [0.05, 0.1) is 17.3 Å². The number of carbonyl (C=O) groups excluding carboxylic acids is 2. The number of nitrogens with zero attached hydrogens (tertiary/aromatic N) is 2. The summed E-state index contributed by atoms with van der Waals surface area (Å²) in [5.74, 6) is 0.572. The fraction of sp³-hybridized carbons (Fsp3) is 0.636. The highest BCUT2D eigenvalue weighted by Crippen LogP contribution is 2.29. The Balaban J connectivity index is 1.57. The van der Waals surface area contributed by atoms with Crippen LogP contribution < -0.4 is 20.9 Å². The molecule has 1 aromatic rings. The molecule has 166 valence electrons. The van der Waals surface area contributed by atoms with Crippen LogP contribution in [0.15, 0.2) is 18.2 Å². The van der Waals surface area contributed by atoms with Crippen LogP contribution in [0.2, 0.25) is 5.02 Å². The Morgan fingerprint density at radius 1 is 1.20 bits per heavy atom. The van der Waals surface area contributed by atoms with Gasteiger partial charge in [-0.3, -0.25) is 9.69 Å². The molecule has 0 spiro atoms. The minimum atomic E-state index is -0.216. The number of hydrogen-bond donors (Lipinski definition) is 3. The molecule has 0 radical (unpaired) electrons. The van der Waals surface area contributed by atoms with Crippen LogP contribution in [0.5, 0.6) is 0 Å². The Labute approximate surface area is 184 Å². The highest BCUT2D eigenvalue weighted by atomic mass is 35.5. The average Bonchev–Trinajstić information content (AvgIpc) is 3.25. The fourth-order valence-electron chi connectivity index (χ4n) is 4.56. The van der Waals surface area contributed by atoms with Gasteiger partial charge in [0.25, 0.3) is 0 Å². The molecular weight excluding hydrogens is 402 g/mol. The van der Waals surface area contributed by atoms with Crippen molar-refractivity contribution in [1.29, 1.82) is 0 Å². The predicted octanol–water partition coefficient (Wildman–Crippen LogP) is 3.30. The molecule has 30 heavy (non-hydrogen) atoms. The summed E-state index contributed by atoms with van der Waals surface area (Å²) >= 11 is 6.43. The summed E-state index contributed by atoms with van der Waals surface area (Å²) < 4.78 is 0. The van der Waals surface area contributed by atoms with Crippen molar-refractivity contribution in [1.82, 2.24) is 15.5 Å². The van der Waals surface area contributed by atoms with Crippen LogP contribution in [0.25, 0.3) is 0 Å². The zero-order valence-corrected chi connectivity index (χ0v) is 18.8. The van der Waals surface area contributed by atoms with E-state index in [9.17, 15) is 9.59 Å². The zero-order valence-electron chi connectivity index (χ0n) is 18.0. The maximum Gasteiger partial charge on any atom is 0.319 e. The fourth-order valence-corrected chi connectivity index (χ4v) is 4.86. The van der Waals surface area contributed by atoms with Gasteiger partial charge in [0, 0.05) is 31.4 Å². The summed E-state index contributed by atoms with van der Waals surface area (Å²) in [5.41, 5.74) is 1.45. The van der Waals surface area contributed by atoms with Gasteiger partial charge in [-0.25, -0.2) is 4.79 Å². The maximum absolute atomic E-state index is 12.5. The third kappa shape index (κ3) is 5.79. The monoisotopic (exact) mass is 435 g/mol. The molecule has 0 aromatic heterocycles. The van der Waals surface area contributed by atoms with Crippen LogP contribution in [0.4, 0.5) is 16.2 Å². The van der Waals surface area contributed by atoms with Gasteiger partial charge in [-0.2, -0.15) is 0 Å². The van der Waals surface area contributed by atoms with E-state index in [1.807, 2.05) is 17.0 Å². The molecule has 3 amide bonds. The normalized spacial score (nSPS) is 18.4. The van der Waals surface area contributed by atoms with Gasteiger partial charge in [0.1, 0.15) is 0 Å². The third-order valence-electron chi connectivity index (χ3n) is 6.26. The summed E-state index contributed by atoms with van der Waals surface area (Å²) in [4.78, 5) is 28.6. The largest absolute Gasteiger partial charge is 0.359 e. The standard InChI is InChI=1S/C22H34ClN5O2/c1-3-16(4-2)20(27-10-5-6-11-27)14-25-22(30)26-17-7-8-19(18(23)13-17)28-12-9-24-21(29)15-28/h7-8,13,16,20H,3-6,9-12,14-15H2,1-2H3,(H,24,29)(H2,25,26,30)/t20-/m1/s1. The maximum atomic E-state index is 12.5. The molecule has 0 bridgehead atoms. The molecule has 2 saturated heterocycles. The van der Waals surface area contributed by atoms with Crippen LogP contribution in [0.3, 0.4) is 0 Å². The van der Waals surface area contributed by atoms with Gasteiger partial charge < -0.3 is 20.9 Å². The van der Waals surface area contributed by atoms with Gasteiger partial charge >= 0.3 is 6.03 Å². The summed E-state index contributed by atoms with van der Waals surface area (Å²) in [5, 5.41) is 9.28. The minimum absolute atomic E-state index is 0.0103. The molecule has 1 atom stereocenters. The van der Waals surface area contributed by atoms with E-state index in [0.717, 1.165) is 31.6 Å². The molecule has 2 fully saturated rings. The van der Waals surface area contributed by atoms with Gasteiger partial charge in [-0.1, -0.05) is 38.3 Å². The van der Waals surface area contributed by atoms with Crippen molar-refractivity contribution >= 4 is 34.9 Å². The van der Waals surface area contributed by atoms with Gasteiger partial charge in [-0.15, -0.1) is 0 Å². The second kappa shape index (κ2) is 10.9. The molecule has 0 aliphatic carbocycles. The van der Waals surface area contributed by atoms with E-state index >= 15 is 0 Å². The Hall–Kier alpha value is -1.99. The van der Waals surface area contributed by atoms with E-state index in [4.69, 9.17) is 11.6 Å². The predicted molar refractivity (Wildman–Crippen MR) is 122 cm³/mol. The Morgan fingerprint density at radius 3 is 2.57 bits per heavy atom. The van der Waals surface area contributed by atoms with Crippen molar-refractivity contribution < 1.29 is 9.59 Å². The first-order chi connectivity index (χ1) is 14.5. The van der Waals surface area contributed by atoms with E-state index in [0.29, 0.717) is 48.8 Å². The van der Waals surface area contributed by atoms with Crippen molar-refractivity contribution in [2.45, 2.75) is 45.6 Å². The smallest absolute Gasteiger partial charge is 0.319 e. The number of carbonyl (C=O) groups is 2. The number of halogens is 1. The van der Waals surface area contributed by atoms with E-state index in [2.05, 4.69) is 34.7 Å². The zero-order chi connectivity index (χ0) is 21.5. The lowest BCUT2D eigenvalue weighted by atomic mass is 9.93. The van der Waals surface area contributed by atoms with E-state index in [-0.39, 0.29) is 11.9 Å². The first-order valence-electron chi connectivity index (χ1n) is 11.1. The Morgan fingerprint density at radius 2 is 1.93 bits per heavy atom. The molecule has 8 heteroatoms. The molecule has 2 aliphatic heterocycles. The number of likely N-dealkylation sites (tertiary alicyclic amines) is 1. The molecule has 2 aliphatic rings. The minimum Gasteiger partial charge on any atom is -0.359 e. The quantitative estimate of drug-likeness (QED) is 0.585. The molecule has 0 unspecified atom stereocenters. The highest BCUT2D eigenvalue weighted by molar-refractivity contribution is 6.33. The second-order valence-electron chi connectivity index (χ2n) is 8.16. The Bertz CT molecular complexity index is 732. The number of benzene rings is 1. The van der Waals surface area contributed by atoms with Crippen LogP contribution in [0, 0.1) is 5.92 Å².